The number of nitrogens with zero attached hydrogens (tertiary/aromatic N) is 1. The molecule has 84 valence electrons. The zero-order valence-corrected chi connectivity index (χ0v) is 7.78. The van der Waals surface area contributed by atoms with Gasteiger partial charge in [-0.1, -0.05) is 5.16 Å². The molecule has 16 heavy (non-hydrogen) atoms. The second kappa shape index (κ2) is 3.76. The molecule has 7 heteroatoms. The van der Waals surface area contributed by atoms with Gasteiger partial charge in [-0.05, 0) is 12.1 Å². The first-order valence-electron chi connectivity index (χ1n) is 4.26. The van der Waals surface area contributed by atoms with Gasteiger partial charge in [0.25, 0.3) is 6.43 Å². The van der Waals surface area contributed by atoms with Crippen molar-refractivity contribution < 1.29 is 23.2 Å². The highest BCUT2D eigenvalue weighted by Gasteiger charge is 2.29. The Kier molecular flexibility index (Phi) is 2.43. The molecule has 0 saturated carbocycles. The number of aromatic nitrogens is 2. The molecule has 0 aliphatic heterocycles. The third-order valence-electron chi connectivity index (χ3n) is 1.98. The van der Waals surface area contributed by atoms with E-state index >= 15 is 0 Å². The van der Waals surface area contributed by atoms with Crippen molar-refractivity contribution in [3.8, 4) is 11.4 Å². The summed E-state index contributed by atoms with van der Waals surface area (Å²) in [6, 6.07) is 3.11. The maximum absolute atomic E-state index is 12.4. The van der Waals surface area contributed by atoms with E-state index in [1.54, 1.807) is 6.07 Å². The van der Waals surface area contributed by atoms with Gasteiger partial charge in [-0.15, -0.1) is 0 Å². The number of alkyl halides is 2. The highest BCUT2D eigenvalue weighted by atomic mass is 19.3. The topological polar surface area (TPSA) is 79.1 Å². The standard InChI is InChI=1S/C9H6F2N2O3/c10-8(11)7-5(9(14)15)6(13-16-7)4-2-1-3-12-4/h1-3,8,12H,(H,14,15). The van der Waals surface area contributed by atoms with Gasteiger partial charge in [-0.2, -0.15) is 0 Å². The van der Waals surface area contributed by atoms with Gasteiger partial charge < -0.3 is 14.6 Å². The zero-order chi connectivity index (χ0) is 11.7. The molecule has 2 aromatic heterocycles. The van der Waals surface area contributed by atoms with Crippen LogP contribution in [0.2, 0.25) is 0 Å². The summed E-state index contributed by atoms with van der Waals surface area (Å²) in [6.07, 6.45) is -1.49. The van der Waals surface area contributed by atoms with Crippen molar-refractivity contribution in [1.29, 1.82) is 0 Å². The smallest absolute Gasteiger partial charge is 0.341 e. The van der Waals surface area contributed by atoms with Gasteiger partial charge in [0, 0.05) is 6.20 Å². The summed E-state index contributed by atoms with van der Waals surface area (Å²) in [5, 5.41) is 12.2. The Morgan fingerprint density at radius 2 is 2.31 bits per heavy atom. The van der Waals surface area contributed by atoms with E-state index < -0.39 is 23.7 Å². The van der Waals surface area contributed by atoms with Crippen molar-refractivity contribution in [1.82, 2.24) is 10.1 Å². The zero-order valence-electron chi connectivity index (χ0n) is 7.78. The quantitative estimate of drug-likeness (QED) is 0.844. The van der Waals surface area contributed by atoms with E-state index in [9.17, 15) is 13.6 Å². The van der Waals surface area contributed by atoms with Gasteiger partial charge in [0.05, 0.1) is 5.69 Å². The number of hydrogen-bond donors (Lipinski definition) is 2. The number of nitrogens with one attached hydrogen (secondary N) is 1. The third kappa shape index (κ3) is 1.56. The summed E-state index contributed by atoms with van der Waals surface area (Å²) < 4.78 is 29.2. The van der Waals surface area contributed by atoms with Crippen molar-refractivity contribution in [2.45, 2.75) is 6.43 Å². The van der Waals surface area contributed by atoms with Crippen LogP contribution in [0.25, 0.3) is 11.4 Å². The summed E-state index contributed by atoms with van der Waals surface area (Å²) in [6.45, 7) is 0. The molecule has 5 nitrogen and oxygen atoms in total. The SMILES string of the molecule is O=C(O)c1c(-c2ccc[nH]2)noc1C(F)F. The molecule has 0 fully saturated rings. The molecular weight excluding hydrogens is 222 g/mol. The van der Waals surface area contributed by atoms with Crippen molar-refractivity contribution in [2.24, 2.45) is 0 Å². The maximum atomic E-state index is 12.4. The Labute approximate surface area is 87.7 Å². The molecule has 0 aliphatic carbocycles. The van der Waals surface area contributed by atoms with Gasteiger partial charge in [0.2, 0.25) is 5.76 Å². The number of H-pyrrole nitrogens is 1. The fraction of sp³-hybridized carbons (Fsp3) is 0.111. The molecule has 2 N–H and O–H groups in total. The summed E-state index contributed by atoms with van der Waals surface area (Å²) >= 11 is 0. The van der Waals surface area contributed by atoms with Gasteiger partial charge in [0.15, 0.2) is 0 Å². The van der Waals surface area contributed by atoms with Crippen molar-refractivity contribution in [3.05, 3.63) is 29.7 Å². The van der Waals surface area contributed by atoms with Crippen LogP contribution >= 0.6 is 0 Å². The van der Waals surface area contributed by atoms with E-state index in [1.165, 1.54) is 12.3 Å². The number of aromatic amines is 1. The van der Waals surface area contributed by atoms with E-state index in [2.05, 4.69) is 14.7 Å². The van der Waals surface area contributed by atoms with Crippen molar-refractivity contribution in [2.75, 3.05) is 0 Å². The molecular formula is C9H6F2N2O3. The molecule has 0 aliphatic rings. The number of halogens is 2. The summed E-state index contributed by atoms with van der Waals surface area (Å²) in [5.74, 6) is -2.43. The number of carboxylic acid groups (broad SMARTS) is 1. The van der Waals surface area contributed by atoms with E-state index in [4.69, 9.17) is 5.11 Å². The Morgan fingerprint density at radius 3 is 2.81 bits per heavy atom. The Balaban J connectivity index is 2.59. The Bertz CT molecular complexity index is 505. The first-order valence-corrected chi connectivity index (χ1v) is 4.26. The van der Waals surface area contributed by atoms with Crippen molar-refractivity contribution >= 4 is 5.97 Å². The van der Waals surface area contributed by atoms with Crippen LogP contribution in [0.4, 0.5) is 8.78 Å². The summed E-state index contributed by atoms with van der Waals surface area (Å²) in [5.41, 5.74) is -0.432. The molecule has 0 radical (unpaired) electrons. The number of rotatable bonds is 3. The molecule has 0 saturated heterocycles. The molecule has 0 amide bonds. The highest BCUT2D eigenvalue weighted by molar-refractivity contribution is 5.95. The number of hydrogen-bond acceptors (Lipinski definition) is 3. The molecule has 2 rings (SSSR count). The van der Waals surface area contributed by atoms with Crippen LogP contribution in [0, 0.1) is 0 Å². The van der Waals surface area contributed by atoms with Crippen LogP contribution in [0.1, 0.15) is 22.5 Å². The summed E-state index contributed by atoms with van der Waals surface area (Å²) in [7, 11) is 0. The van der Waals surface area contributed by atoms with Crippen LogP contribution in [-0.2, 0) is 0 Å². The van der Waals surface area contributed by atoms with E-state index in [1.807, 2.05) is 0 Å². The Morgan fingerprint density at radius 1 is 1.56 bits per heavy atom. The number of carbonyl (C=O) groups is 1. The van der Waals surface area contributed by atoms with E-state index in [0.29, 0.717) is 5.69 Å². The van der Waals surface area contributed by atoms with E-state index in [-0.39, 0.29) is 5.69 Å². The molecule has 0 atom stereocenters. The largest absolute Gasteiger partial charge is 0.477 e. The average Bonchev–Trinajstić information content (AvgIpc) is 2.85. The van der Waals surface area contributed by atoms with Crippen LogP contribution < -0.4 is 0 Å². The van der Waals surface area contributed by atoms with Crippen LogP contribution in [-0.4, -0.2) is 21.2 Å². The maximum Gasteiger partial charge on any atom is 0.341 e. The highest BCUT2D eigenvalue weighted by Crippen LogP contribution is 2.30. The van der Waals surface area contributed by atoms with Gasteiger partial charge in [0.1, 0.15) is 11.3 Å². The second-order valence-electron chi connectivity index (χ2n) is 2.96. The Hall–Kier alpha value is -2.18. The molecule has 0 unspecified atom stereocenters. The minimum absolute atomic E-state index is 0.132. The lowest BCUT2D eigenvalue weighted by molar-refractivity contribution is 0.0670. The van der Waals surface area contributed by atoms with Gasteiger partial charge >= 0.3 is 5.97 Å². The molecule has 2 aromatic rings. The third-order valence-corrected chi connectivity index (χ3v) is 1.98. The molecule has 0 aromatic carbocycles. The monoisotopic (exact) mass is 228 g/mol. The fourth-order valence-corrected chi connectivity index (χ4v) is 1.32. The lowest BCUT2D eigenvalue weighted by Gasteiger charge is -1.96. The summed E-state index contributed by atoms with van der Waals surface area (Å²) in [4.78, 5) is 13.5. The first-order chi connectivity index (χ1) is 7.61. The molecule has 2 heterocycles. The lowest BCUT2D eigenvalue weighted by atomic mass is 10.1. The van der Waals surface area contributed by atoms with Gasteiger partial charge in [-0.25, -0.2) is 13.6 Å². The predicted molar refractivity (Wildman–Crippen MR) is 48.2 cm³/mol. The lowest BCUT2D eigenvalue weighted by Crippen LogP contribution is -2.01. The minimum Gasteiger partial charge on any atom is -0.477 e. The first kappa shape index (κ1) is 10.3. The predicted octanol–water partition coefficient (Wildman–Crippen LogP) is 2.31. The van der Waals surface area contributed by atoms with Crippen molar-refractivity contribution in [3.63, 3.8) is 0 Å². The van der Waals surface area contributed by atoms with Crippen LogP contribution in [0.3, 0.4) is 0 Å². The number of aromatic carboxylic acids is 1. The fourth-order valence-electron chi connectivity index (χ4n) is 1.32. The van der Waals surface area contributed by atoms with Crippen LogP contribution in [0.5, 0.6) is 0 Å². The second-order valence-corrected chi connectivity index (χ2v) is 2.96. The minimum atomic E-state index is -3.01. The molecule has 0 bridgehead atoms. The number of carboxylic acids is 1. The van der Waals surface area contributed by atoms with E-state index in [0.717, 1.165) is 0 Å². The average molecular weight is 228 g/mol. The molecule has 0 spiro atoms. The van der Waals surface area contributed by atoms with Crippen LogP contribution in [0.15, 0.2) is 22.9 Å². The normalized spacial score (nSPS) is 10.9. The van der Waals surface area contributed by atoms with Gasteiger partial charge in [-0.3, -0.25) is 0 Å².